The van der Waals surface area contributed by atoms with Crippen molar-refractivity contribution in [3.05, 3.63) is 12.4 Å². The highest BCUT2D eigenvalue weighted by molar-refractivity contribution is 5.44. The van der Waals surface area contributed by atoms with Crippen LogP contribution in [0.25, 0.3) is 5.65 Å². The van der Waals surface area contributed by atoms with Crippen LogP contribution in [-0.2, 0) is 0 Å². The van der Waals surface area contributed by atoms with Crippen molar-refractivity contribution in [3.63, 3.8) is 0 Å². The maximum Gasteiger partial charge on any atom is 0.199 e. The highest BCUT2D eigenvalue weighted by Crippen LogP contribution is 2.36. The van der Waals surface area contributed by atoms with Crippen molar-refractivity contribution in [1.29, 1.82) is 0 Å². The number of hydrogen-bond donors (Lipinski definition) is 1. The summed E-state index contributed by atoms with van der Waals surface area (Å²) in [5.41, 5.74) is 0.920. The topological polar surface area (TPSA) is 71.2 Å². The van der Waals surface area contributed by atoms with Gasteiger partial charge in [0.2, 0.25) is 0 Å². The molecule has 1 saturated carbocycles. The zero-order chi connectivity index (χ0) is 12.6. The molecule has 3 rings (SSSR count). The van der Waals surface area contributed by atoms with Crippen LogP contribution in [0.15, 0.2) is 12.4 Å². The highest BCUT2D eigenvalue weighted by Gasteiger charge is 2.38. The first-order valence-electron chi connectivity index (χ1n) is 6.15. The number of likely N-dealkylation sites (N-methyl/N-ethyl adjacent to an activating group) is 1. The summed E-state index contributed by atoms with van der Waals surface area (Å²) in [6, 6.07) is 0. The molecular formula is C11H17N7. The Morgan fingerprint density at radius 3 is 2.89 bits per heavy atom. The first-order chi connectivity index (χ1) is 8.71. The van der Waals surface area contributed by atoms with Gasteiger partial charge in [-0.3, -0.25) is 4.98 Å². The minimum atomic E-state index is 0.260. The maximum absolute atomic E-state index is 4.13. The van der Waals surface area contributed by atoms with E-state index in [1.807, 2.05) is 0 Å². The average Bonchev–Trinajstić information content (AvgIpc) is 2.75. The number of rotatable bonds is 4. The summed E-state index contributed by atoms with van der Waals surface area (Å²) in [6.45, 7) is 0.890. The summed E-state index contributed by atoms with van der Waals surface area (Å²) in [6.07, 6.45) is 7.16. The Morgan fingerprint density at radius 1 is 1.39 bits per heavy atom. The molecule has 1 aliphatic carbocycles. The molecule has 0 bridgehead atoms. The zero-order valence-corrected chi connectivity index (χ0v) is 10.7. The molecule has 2 aromatic heterocycles. The molecule has 2 heterocycles. The lowest BCUT2D eigenvalue weighted by Crippen LogP contribution is -2.54. The molecule has 0 aliphatic heterocycles. The van der Waals surface area contributed by atoms with Gasteiger partial charge in [-0.15, -0.1) is 5.10 Å². The highest BCUT2D eigenvalue weighted by atomic mass is 15.5. The Morgan fingerprint density at radius 2 is 2.22 bits per heavy atom. The van der Waals surface area contributed by atoms with Gasteiger partial charge in [0, 0.05) is 12.1 Å². The van der Waals surface area contributed by atoms with Crippen molar-refractivity contribution in [2.45, 2.75) is 24.8 Å². The van der Waals surface area contributed by atoms with Gasteiger partial charge in [-0.2, -0.15) is 4.52 Å². The Balaban J connectivity index is 1.79. The summed E-state index contributed by atoms with van der Waals surface area (Å²) in [5.74, 6) is 0.839. The molecule has 7 nitrogen and oxygen atoms in total. The lowest BCUT2D eigenvalue weighted by molar-refractivity contribution is 0.0738. The monoisotopic (exact) mass is 247 g/mol. The van der Waals surface area contributed by atoms with Gasteiger partial charge >= 0.3 is 0 Å². The standard InChI is InChI=1S/C11H17N7/c1-17(2)11(4-3-5-11)8-13-9-6-12-7-10-14-15-16-18(9)10/h6-7,13H,3-5,8H2,1-2H3. The number of anilines is 1. The van der Waals surface area contributed by atoms with Crippen LogP contribution in [0.3, 0.4) is 0 Å². The summed E-state index contributed by atoms with van der Waals surface area (Å²) in [7, 11) is 4.27. The first-order valence-corrected chi connectivity index (χ1v) is 6.15. The van der Waals surface area contributed by atoms with E-state index in [2.05, 4.69) is 44.8 Å². The number of fused-ring (bicyclic) bond motifs is 1. The van der Waals surface area contributed by atoms with Crippen LogP contribution in [0.1, 0.15) is 19.3 Å². The van der Waals surface area contributed by atoms with Gasteiger partial charge in [-0.1, -0.05) is 0 Å². The van der Waals surface area contributed by atoms with Gasteiger partial charge in [0.25, 0.3) is 0 Å². The van der Waals surface area contributed by atoms with Crippen LogP contribution in [-0.4, -0.2) is 56.1 Å². The second kappa shape index (κ2) is 4.16. The average molecular weight is 247 g/mol. The van der Waals surface area contributed by atoms with Crippen LogP contribution in [0.4, 0.5) is 5.82 Å². The van der Waals surface area contributed by atoms with Crippen molar-refractivity contribution >= 4 is 11.5 Å². The molecule has 2 aromatic rings. The van der Waals surface area contributed by atoms with E-state index in [9.17, 15) is 0 Å². The Bertz CT molecular complexity index is 543. The Labute approximate surface area is 105 Å². The smallest absolute Gasteiger partial charge is 0.199 e. The van der Waals surface area contributed by atoms with Crippen molar-refractivity contribution in [2.24, 2.45) is 0 Å². The van der Waals surface area contributed by atoms with E-state index < -0.39 is 0 Å². The van der Waals surface area contributed by atoms with Crippen LogP contribution in [0.5, 0.6) is 0 Å². The molecular weight excluding hydrogens is 230 g/mol. The predicted molar refractivity (Wildman–Crippen MR) is 67.3 cm³/mol. The van der Waals surface area contributed by atoms with Crippen molar-refractivity contribution in [3.8, 4) is 0 Å². The summed E-state index contributed by atoms with van der Waals surface area (Å²) < 4.78 is 1.68. The quantitative estimate of drug-likeness (QED) is 0.844. The third-order valence-electron chi connectivity index (χ3n) is 3.94. The lowest BCUT2D eigenvalue weighted by atomic mass is 9.75. The molecule has 18 heavy (non-hydrogen) atoms. The Kier molecular flexibility index (Phi) is 2.62. The largest absolute Gasteiger partial charge is 0.367 e. The summed E-state index contributed by atoms with van der Waals surface area (Å²) in [5, 5.41) is 14.9. The van der Waals surface area contributed by atoms with Crippen LogP contribution >= 0.6 is 0 Å². The second-order valence-electron chi connectivity index (χ2n) is 5.07. The van der Waals surface area contributed by atoms with E-state index in [0.717, 1.165) is 12.4 Å². The third-order valence-corrected chi connectivity index (χ3v) is 3.94. The number of tetrazole rings is 1. The molecule has 96 valence electrons. The molecule has 1 aliphatic rings. The van der Waals surface area contributed by atoms with Gasteiger partial charge < -0.3 is 10.2 Å². The molecule has 0 aromatic carbocycles. The van der Waals surface area contributed by atoms with Gasteiger partial charge in [-0.05, 0) is 43.8 Å². The molecule has 0 spiro atoms. The zero-order valence-electron chi connectivity index (χ0n) is 10.7. The van der Waals surface area contributed by atoms with E-state index in [1.165, 1.54) is 19.3 Å². The number of nitrogens with zero attached hydrogens (tertiary/aromatic N) is 6. The molecule has 0 radical (unpaired) electrons. The number of aromatic nitrogens is 5. The lowest BCUT2D eigenvalue weighted by Gasteiger charge is -2.47. The Hall–Kier alpha value is -1.76. The van der Waals surface area contributed by atoms with E-state index in [-0.39, 0.29) is 5.54 Å². The van der Waals surface area contributed by atoms with Crippen LogP contribution in [0, 0.1) is 0 Å². The maximum atomic E-state index is 4.13. The van der Waals surface area contributed by atoms with E-state index in [1.54, 1.807) is 16.9 Å². The minimum Gasteiger partial charge on any atom is -0.367 e. The predicted octanol–water partition coefficient (Wildman–Crippen LogP) is 0.415. The molecule has 0 amide bonds. The fourth-order valence-electron chi connectivity index (χ4n) is 2.42. The van der Waals surface area contributed by atoms with Gasteiger partial charge in [0.1, 0.15) is 5.82 Å². The SMILES string of the molecule is CN(C)C1(CNc2cncc3nnnn23)CCC1. The van der Waals surface area contributed by atoms with E-state index >= 15 is 0 Å². The number of nitrogens with one attached hydrogen (secondary N) is 1. The number of hydrogen-bond acceptors (Lipinski definition) is 6. The van der Waals surface area contributed by atoms with Crippen molar-refractivity contribution in [1.82, 2.24) is 29.9 Å². The molecule has 0 saturated heterocycles. The molecule has 1 N–H and O–H groups in total. The normalized spacial score (nSPS) is 17.9. The summed E-state index contributed by atoms with van der Waals surface area (Å²) in [4.78, 5) is 6.44. The van der Waals surface area contributed by atoms with E-state index in [0.29, 0.717) is 5.65 Å². The van der Waals surface area contributed by atoms with Gasteiger partial charge in [0.15, 0.2) is 5.65 Å². The fourth-order valence-corrected chi connectivity index (χ4v) is 2.42. The minimum absolute atomic E-state index is 0.260. The van der Waals surface area contributed by atoms with Crippen molar-refractivity contribution < 1.29 is 0 Å². The van der Waals surface area contributed by atoms with Gasteiger partial charge in [-0.25, -0.2) is 0 Å². The van der Waals surface area contributed by atoms with E-state index in [4.69, 9.17) is 0 Å². The van der Waals surface area contributed by atoms with Crippen molar-refractivity contribution in [2.75, 3.05) is 26.0 Å². The first kappa shape index (κ1) is 11.3. The molecule has 7 heteroatoms. The molecule has 0 unspecified atom stereocenters. The second-order valence-corrected chi connectivity index (χ2v) is 5.07. The fraction of sp³-hybridized carbons (Fsp3) is 0.636. The van der Waals surface area contributed by atoms with Gasteiger partial charge in [0.05, 0.1) is 12.4 Å². The molecule has 1 fully saturated rings. The van der Waals surface area contributed by atoms with Crippen LogP contribution < -0.4 is 5.32 Å². The van der Waals surface area contributed by atoms with Crippen LogP contribution in [0.2, 0.25) is 0 Å². The molecule has 0 atom stereocenters. The summed E-state index contributed by atoms with van der Waals surface area (Å²) >= 11 is 0. The third kappa shape index (κ3) is 1.71.